The van der Waals surface area contributed by atoms with Gasteiger partial charge in [-0.05, 0) is 12.1 Å². The highest BCUT2D eigenvalue weighted by Gasteiger charge is 2.22. The lowest BCUT2D eigenvalue weighted by Crippen LogP contribution is -2.29. The first kappa shape index (κ1) is 15.7. The number of nitrogens with one attached hydrogen (secondary N) is 2. The average Bonchev–Trinajstić information content (AvgIpc) is 2.34. The molecule has 1 aromatic carbocycles. The Morgan fingerprint density at radius 1 is 1.50 bits per heavy atom. The van der Waals surface area contributed by atoms with Crippen molar-refractivity contribution >= 4 is 27.3 Å². The number of carbonyl (C=O) groups excluding carboxylic acids is 1. The summed E-state index contributed by atoms with van der Waals surface area (Å²) in [6.07, 6.45) is 5.13. The lowest BCUT2D eigenvalue weighted by molar-refractivity contribution is -0.117. The van der Waals surface area contributed by atoms with Gasteiger partial charge in [0.05, 0.1) is 25.0 Å². The second-order valence-electron chi connectivity index (χ2n) is 3.78. The van der Waals surface area contributed by atoms with Crippen LogP contribution in [0.2, 0.25) is 0 Å². The number of benzene rings is 1. The number of terminal acetylenes is 1. The molecule has 108 valence electrons. The molecule has 1 rings (SSSR count). The summed E-state index contributed by atoms with van der Waals surface area (Å²) >= 11 is 0. The van der Waals surface area contributed by atoms with Gasteiger partial charge in [0.15, 0.2) is 5.75 Å². The van der Waals surface area contributed by atoms with E-state index >= 15 is 0 Å². The minimum atomic E-state index is -4.03. The van der Waals surface area contributed by atoms with Gasteiger partial charge in [-0.15, -0.1) is 6.42 Å². The number of amides is 1. The molecule has 8 heteroatoms. The van der Waals surface area contributed by atoms with Gasteiger partial charge in [0.25, 0.3) is 10.0 Å². The Morgan fingerprint density at radius 3 is 2.65 bits per heavy atom. The summed E-state index contributed by atoms with van der Waals surface area (Å²) < 4.78 is 30.8. The zero-order valence-corrected chi connectivity index (χ0v) is 11.9. The average molecular weight is 297 g/mol. The van der Waals surface area contributed by atoms with Gasteiger partial charge in [0.2, 0.25) is 5.91 Å². The number of nitrogen functional groups attached to an aromatic ring is 1. The number of methoxy groups -OCH3 is 1. The second kappa shape index (κ2) is 6.16. The van der Waals surface area contributed by atoms with E-state index in [-0.39, 0.29) is 22.9 Å². The summed E-state index contributed by atoms with van der Waals surface area (Å²) in [4.78, 5) is 10.7. The van der Waals surface area contributed by atoms with Gasteiger partial charge >= 0.3 is 0 Å². The predicted octanol–water partition coefficient (Wildman–Crippen LogP) is 0.147. The number of carbonyl (C=O) groups is 1. The van der Waals surface area contributed by atoms with Crippen LogP contribution in [0.5, 0.6) is 5.75 Å². The van der Waals surface area contributed by atoms with Gasteiger partial charge in [-0.2, -0.15) is 0 Å². The summed E-state index contributed by atoms with van der Waals surface area (Å²) in [7, 11) is -2.68. The molecule has 0 saturated carbocycles. The third kappa shape index (κ3) is 3.33. The van der Waals surface area contributed by atoms with E-state index in [4.69, 9.17) is 16.9 Å². The largest absolute Gasteiger partial charge is 0.492 e. The van der Waals surface area contributed by atoms with Gasteiger partial charge in [-0.3, -0.25) is 4.79 Å². The van der Waals surface area contributed by atoms with Crippen molar-refractivity contribution < 1.29 is 17.9 Å². The quantitative estimate of drug-likeness (QED) is 0.527. The molecular formula is C12H15N3O4S. The molecule has 0 aliphatic rings. The summed E-state index contributed by atoms with van der Waals surface area (Å²) in [6.45, 7) is 1.32. The van der Waals surface area contributed by atoms with Crippen LogP contribution in [0.15, 0.2) is 17.0 Å². The molecule has 0 atom stereocenters. The van der Waals surface area contributed by atoms with Crippen LogP contribution in [0.4, 0.5) is 11.4 Å². The van der Waals surface area contributed by atoms with Crippen LogP contribution >= 0.6 is 0 Å². The van der Waals surface area contributed by atoms with Crippen molar-refractivity contribution in [2.75, 3.05) is 24.7 Å². The second-order valence-corrected chi connectivity index (χ2v) is 5.43. The van der Waals surface area contributed by atoms with Gasteiger partial charge in [-0.25, -0.2) is 13.1 Å². The molecular weight excluding hydrogens is 282 g/mol. The molecule has 0 bridgehead atoms. The molecule has 1 amide bonds. The van der Waals surface area contributed by atoms with Crippen molar-refractivity contribution in [3.05, 3.63) is 12.1 Å². The normalized spacial score (nSPS) is 10.4. The lowest BCUT2D eigenvalue weighted by Gasteiger charge is -2.15. The van der Waals surface area contributed by atoms with Crippen LogP contribution in [0.1, 0.15) is 6.92 Å². The van der Waals surface area contributed by atoms with E-state index in [0.29, 0.717) is 5.69 Å². The number of sulfonamides is 1. The maximum absolute atomic E-state index is 11.9. The molecule has 0 aliphatic heterocycles. The van der Waals surface area contributed by atoms with Crippen LogP contribution in [0, 0.1) is 12.3 Å². The van der Waals surface area contributed by atoms with Gasteiger partial charge < -0.3 is 15.8 Å². The number of ether oxygens (including phenoxy) is 1. The Morgan fingerprint density at radius 2 is 2.15 bits per heavy atom. The van der Waals surface area contributed by atoms with Crippen molar-refractivity contribution in [2.45, 2.75) is 11.8 Å². The zero-order chi connectivity index (χ0) is 15.3. The molecule has 7 nitrogen and oxygen atoms in total. The number of rotatable bonds is 5. The molecule has 0 aromatic heterocycles. The summed E-state index contributed by atoms with van der Waals surface area (Å²) in [6, 6.07) is 2.73. The smallest absolute Gasteiger partial charge is 0.266 e. The maximum atomic E-state index is 11.9. The van der Waals surface area contributed by atoms with Crippen molar-refractivity contribution in [1.29, 1.82) is 0 Å². The summed E-state index contributed by atoms with van der Waals surface area (Å²) in [5.74, 6) is 1.81. The molecule has 0 fully saturated rings. The molecule has 0 unspecified atom stereocenters. The first-order valence-electron chi connectivity index (χ1n) is 5.50. The SMILES string of the molecule is C#CCNc1ccc(S(=O)(=O)NC(C)=O)c(N)c1OC. The van der Waals surface area contributed by atoms with Crippen LogP contribution in [-0.4, -0.2) is 28.0 Å². The fourth-order valence-corrected chi connectivity index (χ4v) is 2.68. The Kier molecular flexibility index (Phi) is 4.83. The van der Waals surface area contributed by atoms with Crippen molar-refractivity contribution in [1.82, 2.24) is 4.72 Å². The zero-order valence-electron chi connectivity index (χ0n) is 11.1. The van der Waals surface area contributed by atoms with E-state index in [1.54, 1.807) is 0 Å². The maximum Gasteiger partial charge on any atom is 0.266 e. The van der Waals surface area contributed by atoms with E-state index in [0.717, 1.165) is 6.92 Å². The predicted molar refractivity (Wildman–Crippen MR) is 75.7 cm³/mol. The Hall–Kier alpha value is -2.40. The lowest BCUT2D eigenvalue weighted by atomic mass is 10.2. The number of nitrogens with two attached hydrogens (primary N) is 1. The molecule has 0 heterocycles. The van der Waals surface area contributed by atoms with E-state index in [2.05, 4.69) is 11.2 Å². The van der Waals surface area contributed by atoms with Crippen LogP contribution in [-0.2, 0) is 14.8 Å². The number of anilines is 2. The van der Waals surface area contributed by atoms with E-state index in [1.165, 1.54) is 19.2 Å². The molecule has 4 N–H and O–H groups in total. The van der Waals surface area contributed by atoms with E-state index < -0.39 is 15.9 Å². The monoisotopic (exact) mass is 297 g/mol. The fraction of sp³-hybridized carbons (Fsp3) is 0.250. The topological polar surface area (TPSA) is 111 Å². The highest BCUT2D eigenvalue weighted by Crippen LogP contribution is 2.35. The van der Waals surface area contributed by atoms with Crippen molar-refractivity contribution in [3.8, 4) is 18.1 Å². The van der Waals surface area contributed by atoms with Crippen LogP contribution < -0.4 is 20.5 Å². The first-order valence-corrected chi connectivity index (χ1v) is 6.99. The number of hydrogen-bond donors (Lipinski definition) is 3. The van der Waals surface area contributed by atoms with Crippen LogP contribution in [0.3, 0.4) is 0 Å². The van der Waals surface area contributed by atoms with Crippen LogP contribution in [0.25, 0.3) is 0 Å². The van der Waals surface area contributed by atoms with Crippen molar-refractivity contribution in [2.24, 2.45) is 0 Å². The summed E-state index contributed by atoms with van der Waals surface area (Å²) in [5, 5.41) is 2.85. The molecule has 20 heavy (non-hydrogen) atoms. The van der Waals surface area contributed by atoms with E-state index in [9.17, 15) is 13.2 Å². The molecule has 0 spiro atoms. The number of hydrogen-bond acceptors (Lipinski definition) is 6. The van der Waals surface area contributed by atoms with E-state index in [1.807, 2.05) is 4.72 Å². The standard InChI is InChI=1S/C12H15N3O4S/c1-4-7-14-9-5-6-10(11(13)12(9)19-3)20(17,18)15-8(2)16/h1,5-6,14H,7,13H2,2-3H3,(H,15,16). The first-order chi connectivity index (χ1) is 9.33. The van der Waals surface area contributed by atoms with Gasteiger partial charge in [-0.1, -0.05) is 5.92 Å². The molecule has 1 aromatic rings. The minimum Gasteiger partial charge on any atom is -0.492 e. The Bertz CT molecular complexity index is 662. The molecule has 0 radical (unpaired) electrons. The highest BCUT2D eigenvalue weighted by atomic mass is 32.2. The molecule has 0 aliphatic carbocycles. The Balaban J connectivity index is 3.32. The molecule has 0 saturated heterocycles. The van der Waals surface area contributed by atoms with Gasteiger partial charge in [0, 0.05) is 6.92 Å². The Labute approximate surface area is 117 Å². The third-order valence-corrected chi connectivity index (χ3v) is 3.80. The van der Waals surface area contributed by atoms with Gasteiger partial charge in [0.1, 0.15) is 4.90 Å². The summed E-state index contributed by atoms with van der Waals surface area (Å²) in [5.41, 5.74) is 6.14. The van der Waals surface area contributed by atoms with Crippen molar-refractivity contribution in [3.63, 3.8) is 0 Å². The minimum absolute atomic E-state index is 0.108. The fourth-order valence-electron chi connectivity index (χ4n) is 1.57. The third-order valence-electron chi connectivity index (χ3n) is 2.31. The highest BCUT2D eigenvalue weighted by molar-refractivity contribution is 7.90.